The van der Waals surface area contributed by atoms with Crippen molar-refractivity contribution in [1.82, 2.24) is 20.4 Å². The molecule has 1 aliphatic heterocycles. The third-order valence-electron chi connectivity index (χ3n) is 3.09. The fraction of sp³-hybridized carbons (Fsp3) is 0.786. The molecular formula is C14H23F3N4O4. The molecule has 0 unspecified atom stereocenters. The normalized spacial score (nSPS) is 16.3. The first kappa shape index (κ1) is 21.0. The van der Waals surface area contributed by atoms with Gasteiger partial charge in [0.15, 0.2) is 0 Å². The van der Waals surface area contributed by atoms with Crippen molar-refractivity contribution in [3.05, 3.63) is 0 Å². The van der Waals surface area contributed by atoms with Crippen molar-refractivity contribution in [2.45, 2.75) is 32.5 Å². The third kappa shape index (κ3) is 9.13. The second-order valence-corrected chi connectivity index (χ2v) is 6.59. The molecule has 0 bridgehead atoms. The maximum atomic E-state index is 12.0. The van der Waals surface area contributed by atoms with Gasteiger partial charge in [-0.1, -0.05) is 0 Å². The van der Waals surface area contributed by atoms with E-state index in [1.807, 2.05) is 5.32 Å². The summed E-state index contributed by atoms with van der Waals surface area (Å²) < 4.78 is 41.1. The molecule has 4 amide bonds. The predicted octanol–water partition coefficient (Wildman–Crippen LogP) is 0.927. The van der Waals surface area contributed by atoms with Gasteiger partial charge in [0, 0.05) is 26.2 Å². The molecule has 1 heterocycles. The van der Waals surface area contributed by atoms with Crippen molar-refractivity contribution in [3.8, 4) is 0 Å². The van der Waals surface area contributed by atoms with E-state index in [1.54, 1.807) is 31.0 Å². The molecule has 0 aromatic rings. The fourth-order valence-corrected chi connectivity index (χ4v) is 2.01. The second-order valence-electron chi connectivity index (χ2n) is 6.59. The zero-order valence-corrected chi connectivity index (χ0v) is 14.4. The molecule has 25 heavy (non-hydrogen) atoms. The first-order chi connectivity index (χ1) is 11.4. The number of rotatable bonds is 3. The Morgan fingerprint density at radius 3 is 2.08 bits per heavy atom. The average molecular weight is 368 g/mol. The molecule has 0 radical (unpaired) electrons. The molecule has 1 aliphatic rings. The van der Waals surface area contributed by atoms with Gasteiger partial charge >= 0.3 is 18.3 Å². The third-order valence-corrected chi connectivity index (χ3v) is 3.09. The molecule has 1 fully saturated rings. The van der Waals surface area contributed by atoms with Crippen molar-refractivity contribution >= 4 is 18.0 Å². The van der Waals surface area contributed by atoms with E-state index in [0.717, 1.165) is 0 Å². The number of hydrogen-bond acceptors (Lipinski definition) is 5. The monoisotopic (exact) mass is 368 g/mol. The number of amides is 4. The molecule has 1 saturated heterocycles. The van der Waals surface area contributed by atoms with Gasteiger partial charge < -0.3 is 15.0 Å². The first-order valence-corrected chi connectivity index (χ1v) is 7.70. The molecule has 0 aliphatic carbocycles. The lowest BCUT2D eigenvalue weighted by Crippen LogP contribution is -2.53. The van der Waals surface area contributed by atoms with E-state index in [-0.39, 0.29) is 6.54 Å². The highest BCUT2D eigenvalue weighted by Gasteiger charge is 2.29. The minimum Gasteiger partial charge on any atom is -0.444 e. The van der Waals surface area contributed by atoms with Crippen LogP contribution in [0.1, 0.15) is 20.8 Å². The minimum absolute atomic E-state index is 0.151. The van der Waals surface area contributed by atoms with Gasteiger partial charge in [-0.2, -0.15) is 13.2 Å². The summed E-state index contributed by atoms with van der Waals surface area (Å²) in [5, 5.41) is 3.38. The standard InChI is InChI=1S/C14H23F3N4O4/c1-13(2,3)25-12(24)21-6-4-20(5-7-21)8-10(22)19-11(23)18-9-14(15,16)17/h4-9H2,1-3H3,(H2,18,19,22,23). The summed E-state index contributed by atoms with van der Waals surface area (Å²) in [7, 11) is 0. The van der Waals surface area contributed by atoms with Gasteiger partial charge in [-0.25, -0.2) is 9.59 Å². The van der Waals surface area contributed by atoms with Crippen molar-refractivity contribution in [3.63, 3.8) is 0 Å². The van der Waals surface area contributed by atoms with Gasteiger partial charge in [0.25, 0.3) is 0 Å². The van der Waals surface area contributed by atoms with Gasteiger partial charge in [-0.3, -0.25) is 15.0 Å². The van der Waals surface area contributed by atoms with E-state index < -0.39 is 36.4 Å². The number of carbonyl (C=O) groups excluding carboxylic acids is 3. The molecule has 0 aromatic heterocycles. The predicted molar refractivity (Wildman–Crippen MR) is 81.8 cm³/mol. The lowest BCUT2D eigenvalue weighted by Gasteiger charge is -2.35. The van der Waals surface area contributed by atoms with Gasteiger partial charge in [0.2, 0.25) is 5.91 Å². The quantitative estimate of drug-likeness (QED) is 0.773. The number of halogens is 3. The summed E-state index contributed by atoms with van der Waals surface area (Å²) in [4.78, 5) is 37.9. The molecular weight excluding hydrogens is 345 g/mol. The minimum atomic E-state index is -4.54. The van der Waals surface area contributed by atoms with Gasteiger partial charge in [-0.15, -0.1) is 0 Å². The van der Waals surface area contributed by atoms with Crippen LogP contribution >= 0.6 is 0 Å². The summed E-state index contributed by atoms with van der Waals surface area (Å²) in [5.74, 6) is -0.717. The van der Waals surface area contributed by atoms with E-state index in [1.165, 1.54) is 4.90 Å². The number of carbonyl (C=O) groups is 3. The zero-order chi connectivity index (χ0) is 19.3. The Morgan fingerprint density at radius 1 is 1.04 bits per heavy atom. The van der Waals surface area contributed by atoms with Crippen LogP contribution in [0.2, 0.25) is 0 Å². The Bertz CT molecular complexity index is 497. The van der Waals surface area contributed by atoms with Crippen molar-refractivity contribution in [2.24, 2.45) is 0 Å². The van der Waals surface area contributed by atoms with Gasteiger partial charge in [0.1, 0.15) is 12.1 Å². The Labute approximate surface area is 143 Å². The molecule has 144 valence electrons. The van der Waals surface area contributed by atoms with E-state index in [0.29, 0.717) is 26.2 Å². The highest BCUT2D eigenvalue weighted by Crippen LogP contribution is 2.12. The highest BCUT2D eigenvalue weighted by molar-refractivity contribution is 5.95. The average Bonchev–Trinajstić information content (AvgIpc) is 2.43. The lowest BCUT2D eigenvalue weighted by molar-refractivity contribution is -0.125. The van der Waals surface area contributed by atoms with Crippen LogP contribution in [-0.2, 0) is 9.53 Å². The zero-order valence-electron chi connectivity index (χ0n) is 14.4. The van der Waals surface area contributed by atoms with Crippen molar-refractivity contribution < 1.29 is 32.3 Å². The molecule has 0 aromatic carbocycles. The second kappa shape index (κ2) is 8.37. The van der Waals surface area contributed by atoms with Crippen LogP contribution < -0.4 is 10.6 Å². The fourth-order valence-electron chi connectivity index (χ4n) is 2.01. The van der Waals surface area contributed by atoms with E-state index in [9.17, 15) is 27.6 Å². The van der Waals surface area contributed by atoms with Crippen LogP contribution in [0.25, 0.3) is 0 Å². The molecule has 11 heteroatoms. The molecule has 2 N–H and O–H groups in total. The largest absolute Gasteiger partial charge is 0.444 e. The SMILES string of the molecule is CC(C)(C)OC(=O)N1CCN(CC(=O)NC(=O)NCC(F)(F)F)CC1. The van der Waals surface area contributed by atoms with Crippen LogP contribution in [0.4, 0.5) is 22.8 Å². The molecule has 8 nitrogen and oxygen atoms in total. The summed E-state index contributed by atoms with van der Waals surface area (Å²) in [6.45, 7) is 5.08. The molecule has 1 rings (SSSR count). The number of piperazine rings is 1. The molecule has 0 atom stereocenters. The number of imide groups is 1. The number of hydrogen-bond donors (Lipinski definition) is 2. The maximum absolute atomic E-state index is 12.0. The van der Waals surface area contributed by atoms with Crippen molar-refractivity contribution in [2.75, 3.05) is 39.3 Å². The number of nitrogens with zero attached hydrogens (tertiary/aromatic N) is 2. The summed E-state index contributed by atoms with van der Waals surface area (Å²) >= 11 is 0. The topological polar surface area (TPSA) is 91.0 Å². The van der Waals surface area contributed by atoms with E-state index in [2.05, 4.69) is 0 Å². The number of urea groups is 1. The summed E-state index contributed by atoms with van der Waals surface area (Å²) in [6.07, 6.45) is -4.98. The Kier molecular flexibility index (Phi) is 7.03. The highest BCUT2D eigenvalue weighted by atomic mass is 19.4. The van der Waals surface area contributed by atoms with Gasteiger partial charge in [-0.05, 0) is 20.8 Å². The number of alkyl halides is 3. The summed E-state index contributed by atoms with van der Waals surface area (Å²) in [6, 6.07) is -1.20. The Balaban J connectivity index is 2.30. The van der Waals surface area contributed by atoms with E-state index >= 15 is 0 Å². The molecule has 0 saturated carbocycles. The molecule has 0 spiro atoms. The van der Waals surface area contributed by atoms with Crippen LogP contribution in [-0.4, -0.2) is 78.9 Å². The Morgan fingerprint density at radius 2 is 1.60 bits per heavy atom. The van der Waals surface area contributed by atoms with Crippen LogP contribution in [0, 0.1) is 0 Å². The number of ether oxygens (including phenoxy) is 1. The van der Waals surface area contributed by atoms with Crippen LogP contribution in [0.5, 0.6) is 0 Å². The first-order valence-electron chi connectivity index (χ1n) is 7.70. The van der Waals surface area contributed by atoms with Crippen LogP contribution in [0.15, 0.2) is 0 Å². The van der Waals surface area contributed by atoms with E-state index in [4.69, 9.17) is 4.74 Å². The lowest BCUT2D eigenvalue weighted by atomic mass is 10.2. The van der Waals surface area contributed by atoms with Crippen molar-refractivity contribution in [1.29, 1.82) is 0 Å². The maximum Gasteiger partial charge on any atom is 0.410 e. The summed E-state index contributed by atoms with van der Waals surface area (Å²) in [5.41, 5.74) is -0.599. The number of nitrogens with one attached hydrogen (secondary N) is 2. The van der Waals surface area contributed by atoms with Gasteiger partial charge in [0.05, 0.1) is 6.54 Å². The smallest absolute Gasteiger partial charge is 0.410 e. The Hall–Kier alpha value is -2.04. The van der Waals surface area contributed by atoms with Crippen LogP contribution in [0.3, 0.4) is 0 Å².